The number of fused-ring (bicyclic) bond motifs is 1. The molecular formula is C16H23N3O. The van der Waals surface area contributed by atoms with E-state index in [-0.39, 0.29) is 5.56 Å². The number of hydrogen-bond donors (Lipinski definition) is 1. The Morgan fingerprint density at radius 3 is 2.55 bits per heavy atom. The maximum absolute atomic E-state index is 12.0. The van der Waals surface area contributed by atoms with Crippen LogP contribution >= 0.6 is 0 Å². The lowest BCUT2D eigenvalue weighted by molar-refractivity contribution is 0.304. The summed E-state index contributed by atoms with van der Waals surface area (Å²) in [5.74, 6) is 2.42. The number of aromatic nitrogens is 2. The van der Waals surface area contributed by atoms with Crippen LogP contribution in [0.1, 0.15) is 27.7 Å². The highest BCUT2D eigenvalue weighted by molar-refractivity contribution is 5.46. The topological polar surface area (TPSA) is 46.4 Å². The van der Waals surface area contributed by atoms with Crippen molar-refractivity contribution in [2.75, 3.05) is 11.9 Å². The van der Waals surface area contributed by atoms with Crippen LogP contribution in [0.25, 0.3) is 5.65 Å². The third-order valence-electron chi connectivity index (χ3n) is 3.80. The number of nitrogens with one attached hydrogen (secondary N) is 1. The molecule has 0 aliphatic rings. The largest absolute Gasteiger partial charge is 0.370 e. The van der Waals surface area contributed by atoms with Gasteiger partial charge in [-0.15, -0.1) is 0 Å². The molecule has 0 saturated heterocycles. The monoisotopic (exact) mass is 273 g/mol. The van der Waals surface area contributed by atoms with Gasteiger partial charge in [0.2, 0.25) is 0 Å². The van der Waals surface area contributed by atoms with Crippen molar-refractivity contribution in [3.05, 3.63) is 40.8 Å². The molecule has 2 aromatic heterocycles. The molecule has 20 heavy (non-hydrogen) atoms. The van der Waals surface area contributed by atoms with E-state index in [4.69, 9.17) is 0 Å². The molecule has 0 bridgehead atoms. The second kappa shape index (κ2) is 6.07. The fraction of sp³-hybridized carbons (Fsp3) is 0.500. The zero-order valence-electron chi connectivity index (χ0n) is 12.6. The summed E-state index contributed by atoms with van der Waals surface area (Å²) in [4.78, 5) is 16.5. The lowest BCUT2D eigenvalue weighted by Gasteiger charge is -2.25. The minimum absolute atomic E-state index is 0.0521. The molecule has 0 fully saturated rings. The van der Waals surface area contributed by atoms with Gasteiger partial charge < -0.3 is 5.32 Å². The van der Waals surface area contributed by atoms with E-state index in [9.17, 15) is 4.79 Å². The highest BCUT2D eigenvalue weighted by Gasteiger charge is 2.17. The molecule has 2 heterocycles. The third kappa shape index (κ3) is 3.18. The van der Waals surface area contributed by atoms with E-state index in [2.05, 4.69) is 38.0 Å². The van der Waals surface area contributed by atoms with E-state index in [1.807, 2.05) is 18.2 Å². The Kier molecular flexibility index (Phi) is 4.42. The number of pyridine rings is 1. The Balaban J connectivity index is 2.20. The predicted molar refractivity (Wildman–Crippen MR) is 83.1 cm³/mol. The van der Waals surface area contributed by atoms with E-state index >= 15 is 0 Å². The van der Waals surface area contributed by atoms with Crippen molar-refractivity contribution in [1.29, 1.82) is 0 Å². The smallest absolute Gasteiger partial charge is 0.259 e. The molecule has 0 saturated carbocycles. The van der Waals surface area contributed by atoms with Crippen LogP contribution in [-0.2, 0) is 0 Å². The number of rotatable bonds is 5. The maximum Gasteiger partial charge on any atom is 0.259 e. The summed E-state index contributed by atoms with van der Waals surface area (Å²) in [6, 6.07) is 7.12. The Bertz CT molecular complexity index is 623. The van der Waals surface area contributed by atoms with Gasteiger partial charge in [-0.3, -0.25) is 9.20 Å². The predicted octanol–water partition coefficient (Wildman–Crippen LogP) is 3.03. The van der Waals surface area contributed by atoms with Crippen LogP contribution < -0.4 is 10.9 Å². The lowest BCUT2D eigenvalue weighted by atomic mass is 9.85. The highest BCUT2D eigenvalue weighted by atomic mass is 16.1. The van der Waals surface area contributed by atoms with Crippen molar-refractivity contribution in [2.24, 2.45) is 17.8 Å². The summed E-state index contributed by atoms with van der Waals surface area (Å²) in [5, 5.41) is 3.32. The van der Waals surface area contributed by atoms with Gasteiger partial charge in [-0.05, 0) is 29.9 Å². The second-order valence-electron chi connectivity index (χ2n) is 5.94. The second-order valence-corrected chi connectivity index (χ2v) is 5.94. The molecule has 4 heteroatoms. The number of nitrogens with zero attached hydrogens (tertiary/aromatic N) is 2. The summed E-state index contributed by atoms with van der Waals surface area (Å²) >= 11 is 0. The van der Waals surface area contributed by atoms with Crippen LogP contribution in [0.4, 0.5) is 5.82 Å². The molecule has 0 aromatic carbocycles. The Labute approximate surface area is 119 Å². The number of hydrogen-bond acceptors (Lipinski definition) is 3. The molecule has 0 unspecified atom stereocenters. The average Bonchev–Trinajstić information content (AvgIpc) is 2.38. The summed E-state index contributed by atoms with van der Waals surface area (Å²) in [7, 11) is 0. The van der Waals surface area contributed by atoms with Gasteiger partial charge in [0, 0.05) is 18.8 Å². The van der Waals surface area contributed by atoms with Crippen molar-refractivity contribution < 1.29 is 0 Å². The first-order valence-electron chi connectivity index (χ1n) is 7.21. The highest BCUT2D eigenvalue weighted by Crippen LogP contribution is 2.20. The Morgan fingerprint density at radius 2 is 1.90 bits per heavy atom. The standard InChI is InChI=1S/C16H23N3O/c1-11(2)13(12(3)4)10-17-14-9-16(20)19-8-6-5-7-15(19)18-14/h5-9,11-13,17H,10H2,1-4H3. The lowest BCUT2D eigenvalue weighted by Crippen LogP contribution is -2.25. The quantitative estimate of drug-likeness (QED) is 0.910. The molecule has 0 amide bonds. The van der Waals surface area contributed by atoms with Gasteiger partial charge in [0.25, 0.3) is 5.56 Å². The van der Waals surface area contributed by atoms with E-state index in [0.29, 0.717) is 29.2 Å². The van der Waals surface area contributed by atoms with E-state index in [1.165, 1.54) is 0 Å². The van der Waals surface area contributed by atoms with Gasteiger partial charge >= 0.3 is 0 Å². The molecule has 4 nitrogen and oxygen atoms in total. The van der Waals surface area contributed by atoms with Crippen molar-refractivity contribution in [3.63, 3.8) is 0 Å². The Hall–Kier alpha value is -1.84. The van der Waals surface area contributed by atoms with Crippen LogP contribution in [0, 0.1) is 17.8 Å². The first kappa shape index (κ1) is 14.6. The van der Waals surface area contributed by atoms with Gasteiger partial charge in [-0.1, -0.05) is 33.8 Å². The molecule has 2 aromatic rings. The molecule has 0 aliphatic heterocycles. The normalized spacial score (nSPS) is 11.8. The number of anilines is 1. The van der Waals surface area contributed by atoms with Crippen LogP contribution in [0.15, 0.2) is 35.3 Å². The molecule has 2 rings (SSSR count). The van der Waals surface area contributed by atoms with E-state index in [1.54, 1.807) is 16.7 Å². The first-order chi connectivity index (χ1) is 9.49. The fourth-order valence-electron chi connectivity index (χ4n) is 2.61. The van der Waals surface area contributed by atoms with Gasteiger partial charge in [-0.2, -0.15) is 0 Å². The van der Waals surface area contributed by atoms with Crippen molar-refractivity contribution in [2.45, 2.75) is 27.7 Å². The van der Waals surface area contributed by atoms with Crippen LogP contribution in [-0.4, -0.2) is 15.9 Å². The summed E-state index contributed by atoms with van der Waals surface area (Å²) in [6.07, 6.45) is 1.74. The minimum Gasteiger partial charge on any atom is -0.370 e. The van der Waals surface area contributed by atoms with Crippen LogP contribution in [0.2, 0.25) is 0 Å². The van der Waals surface area contributed by atoms with Gasteiger partial charge in [0.15, 0.2) is 0 Å². The van der Waals surface area contributed by atoms with Crippen LogP contribution in [0.5, 0.6) is 0 Å². The molecular weight excluding hydrogens is 250 g/mol. The van der Waals surface area contributed by atoms with Crippen molar-refractivity contribution >= 4 is 11.5 Å². The fourth-order valence-corrected chi connectivity index (χ4v) is 2.61. The molecule has 0 atom stereocenters. The zero-order valence-corrected chi connectivity index (χ0v) is 12.6. The van der Waals surface area contributed by atoms with Gasteiger partial charge in [0.05, 0.1) is 0 Å². The van der Waals surface area contributed by atoms with Crippen LogP contribution in [0.3, 0.4) is 0 Å². The zero-order chi connectivity index (χ0) is 14.7. The van der Waals surface area contributed by atoms with E-state index in [0.717, 1.165) is 6.54 Å². The minimum atomic E-state index is -0.0521. The van der Waals surface area contributed by atoms with Crippen molar-refractivity contribution in [3.8, 4) is 0 Å². The summed E-state index contributed by atoms with van der Waals surface area (Å²) in [5.41, 5.74) is 0.622. The molecule has 0 aliphatic carbocycles. The third-order valence-corrected chi connectivity index (χ3v) is 3.80. The van der Waals surface area contributed by atoms with Crippen molar-refractivity contribution in [1.82, 2.24) is 9.38 Å². The Morgan fingerprint density at radius 1 is 1.20 bits per heavy atom. The summed E-state index contributed by atoms with van der Waals surface area (Å²) < 4.78 is 1.55. The average molecular weight is 273 g/mol. The van der Waals surface area contributed by atoms with E-state index < -0.39 is 0 Å². The molecule has 0 spiro atoms. The first-order valence-corrected chi connectivity index (χ1v) is 7.21. The molecule has 0 radical (unpaired) electrons. The van der Waals surface area contributed by atoms with Gasteiger partial charge in [-0.25, -0.2) is 4.98 Å². The molecule has 1 N–H and O–H groups in total. The SMILES string of the molecule is CC(C)C(CNc1cc(=O)n2ccccc2n1)C(C)C. The summed E-state index contributed by atoms with van der Waals surface area (Å²) in [6.45, 7) is 9.76. The van der Waals surface area contributed by atoms with Gasteiger partial charge in [0.1, 0.15) is 11.5 Å². The maximum atomic E-state index is 12.0. The molecule has 108 valence electrons.